The fourth-order valence-corrected chi connectivity index (χ4v) is 1.56. The number of nitrogens with one attached hydrogen (secondary N) is 1. The molecule has 0 fully saturated rings. The predicted octanol–water partition coefficient (Wildman–Crippen LogP) is 1.08. The first-order valence-corrected chi connectivity index (χ1v) is 4.78. The lowest BCUT2D eigenvalue weighted by Crippen LogP contribution is -2.13. The third-order valence-corrected chi connectivity index (χ3v) is 2.25. The number of aromatic nitrogens is 2. The fourth-order valence-electron chi connectivity index (χ4n) is 1.56. The van der Waals surface area contributed by atoms with E-state index in [1.165, 1.54) is 12.1 Å². The van der Waals surface area contributed by atoms with E-state index in [9.17, 15) is 4.39 Å². The Balaban J connectivity index is 2.49. The van der Waals surface area contributed by atoms with Gasteiger partial charge in [0.1, 0.15) is 5.82 Å². The molecule has 0 saturated carbocycles. The number of rotatable bonds is 3. The molecule has 0 spiro atoms. The van der Waals surface area contributed by atoms with Crippen molar-refractivity contribution in [3.63, 3.8) is 0 Å². The van der Waals surface area contributed by atoms with Gasteiger partial charge in [0.05, 0.1) is 5.52 Å². The van der Waals surface area contributed by atoms with Crippen LogP contribution >= 0.6 is 0 Å². The van der Waals surface area contributed by atoms with Crippen molar-refractivity contribution in [3.8, 4) is 0 Å². The van der Waals surface area contributed by atoms with E-state index in [2.05, 4.69) is 10.4 Å². The minimum Gasteiger partial charge on any atom is -0.367 e. The second kappa shape index (κ2) is 3.86. The molecule has 5 heteroatoms. The lowest BCUT2D eigenvalue weighted by molar-refractivity contribution is 0.629. The predicted molar refractivity (Wildman–Crippen MR) is 58.2 cm³/mol. The molecule has 4 nitrogen and oxygen atoms in total. The number of anilines is 1. The van der Waals surface area contributed by atoms with Gasteiger partial charge >= 0.3 is 0 Å². The van der Waals surface area contributed by atoms with Gasteiger partial charge in [0, 0.05) is 25.5 Å². The van der Waals surface area contributed by atoms with Crippen LogP contribution in [0.4, 0.5) is 10.2 Å². The first kappa shape index (κ1) is 9.92. The largest absolute Gasteiger partial charge is 0.367 e. The molecule has 0 aliphatic heterocycles. The molecular formula is C10H13FN4. The van der Waals surface area contributed by atoms with Crippen LogP contribution in [0.15, 0.2) is 18.2 Å². The van der Waals surface area contributed by atoms with Crippen LogP contribution in [-0.2, 0) is 7.05 Å². The molecule has 0 atom stereocenters. The summed E-state index contributed by atoms with van der Waals surface area (Å²) in [6.07, 6.45) is 0. The normalized spacial score (nSPS) is 10.9. The van der Waals surface area contributed by atoms with Crippen molar-refractivity contribution in [1.82, 2.24) is 9.78 Å². The summed E-state index contributed by atoms with van der Waals surface area (Å²) in [5.74, 6) is 0.420. The Morgan fingerprint density at radius 3 is 3.07 bits per heavy atom. The van der Waals surface area contributed by atoms with Crippen molar-refractivity contribution in [2.75, 3.05) is 18.4 Å². The minimum absolute atomic E-state index is 0.258. The van der Waals surface area contributed by atoms with E-state index in [1.807, 2.05) is 7.05 Å². The fraction of sp³-hybridized carbons (Fsp3) is 0.300. The number of benzene rings is 1. The Labute approximate surface area is 86.9 Å². The van der Waals surface area contributed by atoms with Gasteiger partial charge in [-0.3, -0.25) is 4.68 Å². The van der Waals surface area contributed by atoms with E-state index >= 15 is 0 Å². The SMILES string of the molecule is Cn1nc(NCCN)c2cc(F)ccc21. The summed E-state index contributed by atoms with van der Waals surface area (Å²) in [4.78, 5) is 0. The molecule has 15 heavy (non-hydrogen) atoms. The molecule has 0 amide bonds. The molecule has 0 aliphatic rings. The number of halogens is 1. The quantitative estimate of drug-likeness (QED) is 0.793. The number of hydrogen-bond donors (Lipinski definition) is 2. The van der Waals surface area contributed by atoms with Gasteiger partial charge in [0.2, 0.25) is 0 Å². The van der Waals surface area contributed by atoms with Crippen molar-refractivity contribution >= 4 is 16.7 Å². The van der Waals surface area contributed by atoms with Crippen LogP contribution in [0.5, 0.6) is 0 Å². The Hall–Kier alpha value is -1.62. The number of aryl methyl sites for hydroxylation is 1. The van der Waals surface area contributed by atoms with Crippen molar-refractivity contribution < 1.29 is 4.39 Å². The van der Waals surface area contributed by atoms with Crippen LogP contribution in [0, 0.1) is 5.82 Å². The van der Waals surface area contributed by atoms with Gasteiger partial charge in [-0.25, -0.2) is 4.39 Å². The van der Waals surface area contributed by atoms with Crippen molar-refractivity contribution in [2.45, 2.75) is 0 Å². The van der Waals surface area contributed by atoms with Gasteiger partial charge in [0.25, 0.3) is 0 Å². The smallest absolute Gasteiger partial charge is 0.156 e. The molecule has 1 aromatic carbocycles. The summed E-state index contributed by atoms with van der Waals surface area (Å²) in [6, 6.07) is 4.61. The Kier molecular flexibility index (Phi) is 2.55. The first-order chi connectivity index (χ1) is 7.22. The molecule has 1 aromatic heterocycles. The summed E-state index contributed by atoms with van der Waals surface area (Å²) in [7, 11) is 1.83. The van der Waals surface area contributed by atoms with Crippen LogP contribution in [0.1, 0.15) is 0 Å². The maximum atomic E-state index is 13.1. The van der Waals surface area contributed by atoms with Crippen LogP contribution in [0.2, 0.25) is 0 Å². The van der Waals surface area contributed by atoms with Crippen LogP contribution in [0.3, 0.4) is 0 Å². The number of nitrogens with zero attached hydrogens (tertiary/aromatic N) is 2. The maximum absolute atomic E-state index is 13.1. The van der Waals surface area contributed by atoms with E-state index in [4.69, 9.17) is 5.73 Å². The number of nitrogens with two attached hydrogens (primary N) is 1. The van der Waals surface area contributed by atoms with Crippen LogP contribution in [0.25, 0.3) is 10.9 Å². The lowest BCUT2D eigenvalue weighted by atomic mass is 10.2. The third kappa shape index (κ3) is 1.78. The average molecular weight is 208 g/mol. The van der Waals surface area contributed by atoms with Crippen LogP contribution in [-0.4, -0.2) is 22.9 Å². The van der Waals surface area contributed by atoms with Gasteiger partial charge in [-0.2, -0.15) is 5.10 Å². The van der Waals surface area contributed by atoms with Gasteiger partial charge in [-0.05, 0) is 18.2 Å². The Bertz CT molecular complexity index is 477. The molecule has 0 radical (unpaired) electrons. The highest BCUT2D eigenvalue weighted by molar-refractivity contribution is 5.90. The summed E-state index contributed by atoms with van der Waals surface area (Å²) in [5.41, 5.74) is 6.28. The highest BCUT2D eigenvalue weighted by atomic mass is 19.1. The zero-order chi connectivity index (χ0) is 10.8. The zero-order valence-electron chi connectivity index (χ0n) is 8.50. The van der Waals surface area contributed by atoms with Crippen molar-refractivity contribution in [1.29, 1.82) is 0 Å². The minimum atomic E-state index is -0.258. The van der Waals surface area contributed by atoms with E-state index < -0.39 is 0 Å². The van der Waals surface area contributed by atoms with Gasteiger partial charge in [0.15, 0.2) is 5.82 Å². The standard InChI is InChI=1S/C10H13FN4/c1-15-9-3-2-7(11)6-8(9)10(14-15)13-5-4-12/h2-3,6H,4-5,12H2,1H3,(H,13,14). The molecule has 0 bridgehead atoms. The first-order valence-electron chi connectivity index (χ1n) is 4.78. The summed E-state index contributed by atoms with van der Waals surface area (Å²) in [5, 5.41) is 8.10. The molecule has 80 valence electrons. The second-order valence-corrected chi connectivity index (χ2v) is 3.35. The molecule has 0 unspecified atom stereocenters. The molecule has 1 heterocycles. The molecule has 0 saturated heterocycles. The Morgan fingerprint density at radius 2 is 2.33 bits per heavy atom. The summed E-state index contributed by atoms with van der Waals surface area (Å²) >= 11 is 0. The van der Waals surface area contributed by atoms with E-state index in [1.54, 1.807) is 10.7 Å². The molecule has 2 rings (SSSR count). The van der Waals surface area contributed by atoms with E-state index in [-0.39, 0.29) is 5.82 Å². The summed E-state index contributed by atoms with van der Waals surface area (Å²) in [6.45, 7) is 1.15. The number of fused-ring (bicyclic) bond motifs is 1. The third-order valence-electron chi connectivity index (χ3n) is 2.25. The van der Waals surface area contributed by atoms with E-state index in [0.717, 1.165) is 10.9 Å². The van der Waals surface area contributed by atoms with Gasteiger partial charge < -0.3 is 11.1 Å². The molecule has 0 aliphatic carbocycles. The number of hydrogen-bond acceptors (Lipinski definition) is 3. The topological polar surface area (TPSA) is 55.9 Å². The average Bonchev–Trinajstić information content (AvgIpc) is 2.52. The van der Waals surface area contributed by atoms with Gasteiger partial charge in [-0.15, -0.1) is 0 Å². The summed E-state index contributed by atoms with van der Waals surface area (Å²) < 4.78 is 14.8. The Morgan fingerprint density at radius 1 is 1.53 bits per heavy atom. The highest BCUT2D eigenvalue weighted by Crippen LogP contribution is 2.22. The maximum Gasteiger partial charge on any atom is 0.156 e. The molecule has 3 N–H and O–H groups in total. The van der Waals surface area contributed by atoms with Crippen LogP contribution < -0.4 is 11.1 Å². The van der Waals surface area contributed by atoms with E-state index in [0.29, 0.717) is 18.9 Å². The highest BCUT2D eigenvalue weighted by Gasteiger charge is 2.08. The van der Waals surface area contributed by atoms with Crippen molar-refractivity contribution in [2.24, 2.45) is 12.8 Å². The lowest BCUT2D eigenvalue weighted by Gasteiger charge is -1.99. The van der Waals surface area contributed by atoms with Gasteiger partial charge in [-0.1, -0.05) is 0 Å². The molecule has 2 aromatic rings. The molecular weight excluding hydrogens is 195 g/mol. The van der Waals surface area contributed by atoms with Crippen molar-refractivity contribution in [3.05, 3.63) is 24.0 Å². The zero-order valence-corrected chi connectivity index (χ0v) is 8.50. The monoisotopic (exact) mass is 208 g/mol. The second-order valence-electron chi connectivity index (χ2n) is 3.35.